The molecule has 186 valence electrons. The van der Waals surface area contributed by atoms with E-state index in [1.165, 1.54) is 31.3 Å². The van der Waals surface area contributed by atoms with E-state index in [2.05, 4.69) is 0 Å². The van der Waals surface area contributed by atoms with Crippen LogP contribution in [0.1, 0.15) is 24.1 Å². The molecule has 1 heterocycles. The molecule has 1 fully saturated rings. The Labute approximate surface area is 218 Å². The zero-order valence-electron chi connectivity index (χ0n) is 19.7. The van der Waals surface area contributed by atoms with E-state index in [0.717, 1.165) is 0 Å². The van der Waals surface area contributed by atoms with E-state index in [0.29, 0.717) is 40.1 Å². The van der Waals surface area contributed by atoms with Gasteiger partial charge in [-0.15, -0.1) is 0 Å². The van der Waals surface area contributed by atoms with Gasteiger partial charge in [0.1, 0.15) is 11.5 Å². The molecule has 7 nitrogen and oxygen atoms in total. The zero-order valence-corrected chi connectivity index (χ0v) is 21.3. The number of aliphatic hydroxyl groups is 1. The molecule has 0 saturated carbocycles. The van der Waals surface area contributed by atoms with E-state index in [4.69, 9.17) is 37.4 Å². The summed E-state index contributed by atoms with van der Waals surface area (Å²) in [5.41, 5.74) is 0.921. The second-order valence-corrected chi connectivity index (χ2v) is 8.68. The first-order valence-electron chi connectivity index (χ1n) is 11.0. The molecular weight excluding hydrogens is 505 g/mol. The van der Waals surface area contributed by atoms with E-state index < -0.39 is 23.5 Å². The topological polar surface area (TPSA) is 85.3 Å². The SMILES string of the molecule is CCOc1cc(C2/C(=C(\O)c3cc(OC)ccc3Cl)C(=O)C(=O)N2c2cccc(Cl)c2)ccc1OC. The first kappa shape index (κ1) is 25.4. The number of aliphatic hydroxyl groups excluding tert-OH is 1. The summed E-state index contributed by atoms with van der Waals surface area (Å²) in [5.74, 6) is -0.795. The predicted octanol–water partition coefficient (Wildman–Crippen LogP) is 6.04. The molecule has 1 saturated heterocycles. The zero-order chi connectivity index (χ0) is 26.0. The summed E-state index contributed by atoms with van der Waals surface area (Å²) in [4.78, 5) is 28.1. The molecular formula is C27H23Cl2NO6. The molecule has 0 spiro atoms. The third kappa shape index (κ3) is 4.59. The lowest BCUT2D eigenvalue weighted by Crippen LogP contribution is -2.29. The van der Waals surface area contributed by atoms with Crippen molar-refractivity contribution in [2.75, 3.05) is 25.7 Å². The van der Waals surface area contributed by atoms with E-state index in [9.17, 15) is 14.7 Å². The van der Waals surface area contributed by atoms with E-state index in [1.54, 1.807) is 48.5 Å². The summed E-state index contributed by atoms with van der Waals surface area (Å²) >= 11 is 12.6. The summed E-state index contributed by atoms with van der Waals surface area (Å²) in [5, 5.41) is 12.0. The lowest BCUT2D eigenvalue weighted by molar-refractivity contribution is -0.132. The number of anilines is 1. The Balaban J connectivity index is 2.00. The fourth-order valence-corrected chi connectivity index (χ4v) is 4.52. The van der Waals surface area contributed by atoms with Crippen molar-refractivity contribution in [2.45, 2.75) is 13.0 Å². The number of Topliss-reactive ketones (excluding diaryl/α,β-unsaturated/α-hetero) is 1. The van der Waals surface area contributed by atoms with Gasteiger partial charge in [-0.3, -0.25) is 14.5 Å². The van der Waals surface area contributed by atoms with Crippen LogP contribution in [0.15, 0.2) is 66.2 Å². The molecule has 36 heavy (non-hydrogen) atoms. The summed E-state index contributed by atoms with van der Waals surface area (Å²) in [6, 6.07) is 15.3. The minimum Gasteiger partial charge on any atom is -0.507 e. The summed E-state index contributed by atoms with van der Waals surface area (Å²) < 4.78 is 16.4. The molecule has 3 aromatic rings. The average Bonchev–Trinajstić information content (AvgIpc) is 3.14. The number of ether oxygens (including phenoxy) is 3. The van der Waals surface area contributed by atoms with Crippen molar-refractivity contribution < 1.29 is 28.9 Å². The number of hydrogen-bond acceptors (Lipinski definition) is 6. The minimum atomic E-state index is -1.00. The first-order valence-corrected chi connectivity index (χ1v) is 11.8. The molecule has 0 aromatic heterocycles. The van der Waals surface area contributed by atoms with Crippen LogP contribution >= 0.6 is 23.2 Å². The monoisotopic (exact) mass is 527 g/mol. The van der Waals surface area contributed by atoms with Gasteiger partial charge in [0.05, 0.1) is 37.5 Å². The third-order valence-corrected chi connectivity index (χ3v) is 6.33. The molecule has 4 rings (SSSR count). The minimum absolute atomic E-state index is 0.136. The highest BCUT2D eigenvalue weighted by atomic mass is 35.5. The van der Waals surface area contributed by atoms with Gasteiger partial charge in [-0.05, 0) is 61.0 Å². The lowest BCUT2D eigenvalue weighted by Gasteiger charge is -2.26. The Kier molecular flexibility index (Phi) is 7.43. The number of ketones is 1. The maximum Gasteiger partial charge on any atom is 0.300 e. The quantitative estimate of drug-likeness (QED) is 0.229. The summed E-state index contributed by atoms with van der Waals surface area (Å²) in [6.07, 6.45) is 0. The molecule has 1 unspecified atom stereocenters. The maximum atomic E-state index is 13.4. The van der Waals surface area contributed by atoms with Crippen molar-refractivity contribution in [3.63, 3.8) is 0 Å². The molecule has 1 aliphatic rings. The number of halogens is 2. The van der Waals surface area contributed by atoms with Crippen molar-refractivity contribution in [2.24, 2.45) is 0 Å². The molecule has 9 heteroatoms. The highest BCUT2D eigenvalue weighted by molar-refractivity contribution is 6.52. The number of carbonyl (C=O) groups is 2. The highest BCUT2D eigenvalue weighted by Crippen LogP contribution is 2.45. The Hall–Kier alpha value is -3.68. The Morgan fingerprint density at radius 3 is 2.42 bits per heavy atom. The predicted molar refractivity (Wildman–Crippen MR) is 138 cm³/mol. The van der Waals surface area contributed by atoms with Crippen LogP contribution in [0, 0.1) is 0 Å². The van der Waals surface area contributed by atoms with Crippen LogP contribution < -0.4 is 19.1 Å². The largest absolute Gasteiger partial charge is 0.507 e. The summed E-state index contributed by atoms with van der Waals surface area (Å²) in [6.45, 7) is 2.20. The van der Waals surface area contributed by atoms with Gasteiger partial charge in [-0.25, -0.2) is 0 Å². The number of carbonyl (C=O) groups excluding carboxylic acids is 2. The number of hydrogen-bond donors (Lipinski definition) is 1. The molecule has 1 aliphatic heterocycles. The molecule has 1 N–H and O–H groups in total. The lowest BCUT2D eigenvalue weighted by atomic mass is 9.94. The standard InChI is InChI=1S/C27H23Cl2NO6/c1-4-36-22-12-15(8-11-21(22)35-3)24-23(25(31)19-14-18(34-2)9-10-20(19)29)26(32)27(33)30(24)17-7-5-6-16(28)13-17/h5-14,24,31H,4H2,1-3H3/b25-23+. The normalized spacial score (nSPS) is 16.8. The fourth-order valence-electron chi connectivity index (χ4n) is 4.13. The Morgan fingerprint density at radius 1 is 0.972 bits per heavy atom. The molecule has 0 bridgehead atoms. The Bertz CT molecular complexity index is 1370. The van der Waals surface area contributed by atoms with Crippen molar-refractivity contribution in [1.29, 1.82) is 0 Å². The van der Waals surface area contributed by atoms with E-state index in [-0.39, 0.29) is 16.2 Å². The molecule has 0 aliphatic carbocycles. The summed E-state index contributed by atoms with van der Waals surface area (Å²) in [7, 11) is 2.98. The third-order valence-electron chi connectivity index (χ3n) is 5.76. The molecule has 1 amide bonds. The Morgan fingerprint density at radius 2 is 1.75 bits per heavy atom. The van der Waals surface area contributed by atoms with Crippen LogP contribution in [-0.2, 0) is 9.59 Å². The van der Waals surface area contributed by atoms with Crippen molar-refractivity contribution >= 4 is 46.3 Å². The van der Waals surface area contributed by atoms with Crippen molar-refractivity contribution in [3.8, 4) is 17.2 Å². The second kappa shape index (κ2) is 10.5. The van der Waals surface area contributed by atoms with Crippen LogP contribution in [0.4, 0.5) is 5.69 Å². The van der Waals surface area contributed by atoms with Crippen molar-refractivity contribution in [1.82, 2.24) is 0 Å². The second-order valence-electron chi connectivity index (χ2n) is 7.84. The van der Waals surface area contributed by atoms with Gasteiger partial charge >= 0.3 is 0 Å². The smallest absolute Gasteiger partial charge is 0.300 e. The number of rotatable bonds is 7. The van der Waals surface area contributed by atoms with Crippen LogP contribution in [-0.4, -0.2) is 37.6 Å². The molecule has 3 aromatic carbocycles. The number of amides is 1. The number of nitrogens with zero attached hydrogens (tertiary/aromatic N) is 1. The number of methoxy groups -OCH3 is 2. The highest BCUT2D eigenvalue weighted by Gasteiger charge is 2.47. The average molecular weight is 528 g/mol. The van der Waals surface area contributed by atoms with Gasteiger partial charge in [0, 0.05) is 16.3 Å². The first-order chi connectivity index (χ1) is 17.3. The van der Waals surface area contributed by atoms with E-state index >= 15 is 0 Å². The fraction of sp³-hybridized carbons (Fsp3) is 0.185. The van der Waals surface area contributed by atoms with Gasteiger partial charge in [-0.1, -0.05) is 35.3 Å². The molecule has 1 atom stereocenters. The van der Waals surface area contributed by atoms with Gasteiger partial charge in [0.2, 0.25) is 0 Å². The van der Waals surface area contributed by atoms with Gasteiger partial charge in [-0.2, -0.15) is 0 Å². The van der Waals surface area contributed by atoms with Crippen LogP contribution in [0.3, 0.4) is 0 Å². The van der Waals surface area contributed by atoms with Gasteiger partial charge in [0.15, 0.2) is 11.5 Å². The van der Waals surface area contributed by atoms with E-state index in [1.807, 2.05) is 6.92 Å². The number of benzene rings is 3. The van der Waals surface area contributed by atoms with Crippen molar-refractivity contribution in [3.05, 3.63) is 87.4 Å². The molecule has 0 radical (unpaired) electrons. The van der Waals surface area contributed by atoms with Gasteiger partial charge in [0.25, 0.3) is 11.7 Å². The van der Waals surface area contributed by atoms with Crippen LogP contribution in [0.2, 0.25) is 10.0 Å². The van der Waals surface area contributed by atoms with Crippen LogP contribution in [0.25, 0.3) is 5.76 Å². The maximum absolute atomic E-state index is 13.4. The van der Waals surface area contributed by atoms with Crippen LogP contribution in [0.5, 0.6) is 17.2 Å². The van der Waals surface area contributed by atoms with Gasteiger partial charge < -0.3 is 19.3 Å².